The van der Waals surface area contributed by atoms with Crippen molar-refractivity contribution in [2.75, 3.05) is 0 Å². The number of epoxide rings is 1. The maximum absolute atomic E-state index is 10.3. The van der Waals surface area contributed by atoms with Crippen LogP contribution in [0.3, 0.4) is 0 Å². The van der Waals surface area contributed by atoms with E-state index in [1.807, 2.05) is 0 Å². The van der Waals surface area contributed by atoms with Gasteiger partial charge in [-0.15, -0.1) is 0 Å². The van der Waals surface area contributed by atoms with Gasteiger partial charge in [-0.25, -0.2) is 9.97 Å². The fourth-order valence-corrected chi connectivity index (χ4v) is 3.80. The number of rotatable bonds is 3. The van der Waals surface area contributed by atoms with E-state index in [2.05, 4.69) is 20.1 Å². The van der Waals surface area contributed by atoms with E-state index in [-0.39, 0.29) is 0 Å². The maximum Gasteiger partial charge on any atom is 0.283 e. The Morgan fingerprint density at radius 3 is 2.43 bits per heavy atom. The molecule has 3 aromatic rings. The van der Waals surface area contributed by atoms with Crippen molar-refractivity contribution in [3.63, 3.8) is 0 Å². The van der Waals surface area contributed by atoms with Crippen molar-refractivity contribution in [1.82, 2.24) is 24.7 Å². The SMILES string of the molecule is OC1(O)C(O)(O)C2(O)OC2(Cn2cc(-c3ncnc4[nH]ccc34)cn2)C1(O)O. The van der Waals surface area contributed by atoms with Crippen molar-refractivity contribution in [2.45, 2.75) is 35.3 Å². The summed E-state index contributed by atoms with van der Waals surface area (Å²) in [6, 6.07) is 1.75. The highest BCUT2D eigenvalue weighted by Crippen LogP contribution is 2.69. The van der Waals surface area contributed by atoms with Crippen molar-refractivity contribution in [1.29, 1.82) is 0 Å². The molecule has 13 heteroatoms. The molecule has 0 aromatic carbocycles. The van der Waals surface area contributed by atoms with Crippen LogP contribution in [-0.4, -0.2) is 89.2 Å². The molecule has 0 amide bonds. The Labute approximate surface area is 154 Å². The first-order valence-corrected chi connectivity index (χ1v) is 8.06. The van der Waals surface area contributed by atoms with Gasteiger partial charge in [0.1, 0.15) is 12.0 Å². The normalized spacial score (nSPS) is 31.8. The first-order valence-electron chi connectivity index (χ1n) is 8.06. The van der Waals surface area contributed by atoms with Crippen LogP contribution in [0.1, 0.15) is 0 Å². The maximum atomic E-state index is 10.3. The summed E-state index contributed by atoms with van der Waals surface area (Å²) in [5.41, 5.74) is -0.950. The lowest BCUT2D eigenvalue weighted by atomic mass is 9.97. The van der Waals surface area contributed by atoms with Crippen LogP contribution < -0.4 is 0 Å². The van der Waals surface area contributed by atoms with Crippen LogP contribution in [0.25, 0.3) is 22.3 Å². The summed E-state index contributed by atoms with van der Waals surface area (Å²) in [5.74, 6) is -14.4. The number of hydrogen-bond acceptors (Lipinski definition) is 11. The number of fused-ring (bicyclic) bond motifs is 2. The van der Waals surface area contributed by atoms with Gasteiger partial charge in [-0.1, -0.05) is 0 Å². The minimum atomic E-state index is -3.90. The second-order valence-corrected chi connectivity index (χ2v) is 6.98. The summed E-state index contributed by atoms with van der Waals surface area (Å²) in [7, 11) is 0. The quantitative estimate of drug-likeness (QED) is 0.160. The molecule has 2 fully saturated rings. The van der Waals surface area contributed by atoms with E-state index >= 15 is 0 Å². The highest BCUT2D eigenvalue weighted by atomic mass is 16.8. The molecule has 1 saturated carbocycles. The lowest BCUT2D eigenvalue weighted by Gasteiger charge is -2.38. The number of nitrogens with one attached hydrogen (secondary N) is 1. The zero-order valence-electron chi connectivity index (χ0n) is 13.9. The first kappa shape index (κ1) is 17.6. The Kier molecular flexibility index (Phi) is 2.97. The Balaban J connectivity index is 1.53. The fourth-order valence-electron chi connectivity index (χ4n) is 3.80. The predicted molar refractivity (Wildman–Crippen MR) is 85.4 cm³/mol. The zero-order valence-corrected chi connectivity index (χ0v) is 13.9. The van der Waals surface area contributed by atoms with Crippen molar-refractivity contribution >= 4 is 11.0 Å². The number of aliphatic hydroxyl groups is 7. The molecule has 1 saturated heterocycles. The Bertz CT molecular complexity index is 1100. The third kappa shape index (κ3) is 1.67. The first-order chi connectivity index (χ1) is 13.0. The van der Waals surface area contributed by atoms with Crippen molar-refractivity contribution in [3.8, 4) is 11.3 Å². The Hall–Kier alpha value is -2.49. The predicted octanol–water partition coefficient (Wildman–Crippen LogP) is -3.66. The van der Waals surface area contributed by atoms with Crippen LogP contribution in [0.4, 0.5) is 0 Å². The second-order valence-electron chi connectivity index (χ2n) is 6.98. The lowest BCUT2D eigenvalue weighted by molar-refractivity contribution is -0.466. The lowest BCUT2D eigenvalue weighted by Crippen LogP contribution is -2.69. The van der Waals surface area contributed by atoms with Gasteiger partial charge >= 0.3 is 0 Å². The Morgan fingerprint density at radius 2 is 1.75 bits per heavy atom. The van der Waals surface area contributed by atoms with Crippen LogP contribution in [0.5, 0.6) is 0 Å². The smallest absolute Gasteiger partial charge is 0.283 e. The number of ether oxygens (including phenoxy) is 1. The molecule has 1 aliphatic carbocycles. The van der Waals surface area contributed by atoms with Crippen LogP contribution in [-0.2, 0) is 11.3 Å². The van der Waals surface area contributed by atoms with E-state index in [9.17, 15) is 35.7 Å². The molecular formula is C15H15N5O8. The molecule has 8 N–H and O–H groups in total. The molecule has 4 heterocycles. The van der Waals surface area contributed by atoms with Gasteiger partial charge in [0.15, 0.2) is 0 Å². The van der Waals surface area contributed by atoms with Crippen LogP contribution in [0.15, 0.2) is 31.0 Å². The van der Waals surface area contributed by atoms with E-state index in [0.717, 1.165) is 4.68 Å². The molecule has 5 rings (SSSR count). The topological polar surface area (TPSA) is 214 Å². The molecule has 0 radical (unpaired) electrons. The average Bonchev–Trinajstić information content (AvgIpc) is 3.00. The molecule has 0 bridgehead atoms. The summed E-state index contributed by atoms with van der Waals surface area (Å²) in [6.45, 7) is -0.649. The van der Waals surface area contributed by atoms with Gasteiger partial charge < -0.3 is 45.5 Å². The molecule has 13 nitrogen and oxygen atoms in total. The minimum Gasteiger partial charge on any atom is -0.359 e. The number of aromatic amines is 1. The van der Waals surface area contributed by atoms with Gasteiger partial charge in [0.25, 0.3) is 23.1 Å². The molecule has 3 aromatic heterocycles. The molecule has 2 atom stereocenters. The summed E-state index contributed by atoms with van der Waals surface area (Å²) < 4.78 is 5.92. The standard InChI is InChI=1S/C15H15N5O8/c21-12(22)11(15(27,28-11)14(25,26)13(12,23)24)5-20-4-7(3-19-20)9-8-1-2-16-10(8)18-6-17-9/h1-4,6,21-27H,5H2,(H,16,17,18). The zero-order chi connectivity index (χ0) is 20.2. The number of nitrogens with zero attached hydrogens (tertiary/aromatic N) is 4. The monoisotopic (exact) mass is 393 g/mol. The third-order valence-corrected chi connectivity index (χ3v) is 5.48. The molecule has 148 valence electrons. The molecule has 0 spiro atoms. The van der Waals surface area contributed by atoms with Crippen molar-refractivity contribution in [2.24, 2.45) is 0 Å². The third-order valence-electron chi connectivity index (χ3n) is 5.48. The van der Waals surface area contributed by atoms with Crippen molar-refractivity contribution in [3.05, 3.63) is 31.0 Å². The van der Waals surface area contributed by atoms with E-state index < -0.39 is 35.3 Å². The van der Waals surface area contributed by atoms with Gasteiger partial charge in [-0.05, 0) is 6.07 Å². The highest BCUT2D eigenvalue weighted by Gasteiger charge is 3.02. The van der Waals surface area contributed by atoms with Gasteiger partial charge in [0.05, 0.1) is 18.4 Å². The van der Waals surface area contributed by atoms with Crippen LogP contribution in [0, 0.1) is 0 Å². The van der Waals surface area contributed by atoms with Gasteiger partial charge in [0.2, 0.25) is 5.60 Å². The summed E-state index contributed by atoms with van der Waals surface area (Å²) in [5, 5.41) is 74.7. The van der Waals surface area contributed by atoms with E-state index in [1.54, 1.807) is 12.3 Å². The second kappa shape index (κ2) is 4.73. The summed E-state index contributed by atoms with van der Waals surface area (Å²) in [6.07, 6.45) is 5.84. The van der Waals surface area contributed by atoms with Gasteiger partial charge in [0, 0.05) is 23.3 Å². The number of hydrogen-bond donors (Lipinski definition) is 8. The number of H-pyrrole nitrogens is 1. The molecule has 2 aliphatic rings. The van der Waals surface area contributed by atoms with E-state index in [1.165, 1.54) is 18.7 Å². The molecule has 28 heavy (non-hydrogen) atoms. The molecule has 1 aliphatic heterocycles. The van der Waals surface area contributed by atoms with Crippen LogP contribution in [0.2, 0.25) is 0 Å². The van der Waals surface area contributed by atoms with E-state index in [4.69, 9.17) is 4.74 Å². The minimum absolute atomic E-state index is 0.505. The van der Waals surface area contributed by atoms with Crippen molar-refractivity contribution < 1.29 is 40.5 Å². The summed E-state index contributed by atoms with van der Waals surface area (Å²) in [4.78, 5) is 11.2. The molecular weight excluding hydrogens is 378 g/mol. The largest absolute Gasteiger partial charge is 0.359 e. The Morgan fingerprint density at radius 1 is 1.00 bits per heavy atom. The van der Waals surface area contributed by atoms with E-state index in [0.29, 0.717) is 22.3 Å². The van der Waals surface area contributed by atoms with Crippen LogP contribution >= 0.6 is 0 Å². The van der Waals surface area contributed by atoms with Gasteiger partial charge in [-0.3, -0.25) is 4.68 Å². The molecule has 2 unspecified atom stereocenters. The number of aromatic nitrogens is 5. The van der Waals surface area contributed by atoms with Gasteiger partial charge in [-0.2, -0.15) is 5.10 Å². The highest BCUT2D eigenvalue weighted by molar-refractivity contribution is 5.89. The summed E-state index contributed by atoms with van der Waals surface area (Å²) >= 11 is 0. The fraction of sp³-hybridized carbons (Fsp3) is 0.400. The average molecular weight is 393 g/mol.